The summed E-state index contributed by atoms with van der Waals surface area (Å²) in [5.74, 6) is 0.974. The Hall–Kier alpha value is -1.90. The van der Waals surface area contributed by atoms with E-state index in [1.54, 1.807) is 30.0 Å². The van der Waals surface area contributed by atoms with Crippen LogP contribution < -0.4 is 9.62 Å². The van der Waals surface area contributed by atoms with Gasteiger partial charge in [0.05, 0.1) is 20.6 Å². The van der Waals surface area contributed by atoms with E-state index in [0.717, 1.165) is 21.0 Å². The first-order valence-corrected chi connectivity index (χ1v) is 14.4. The summed E-state index contributed by atoms with van der Waals surface area (Å²) in [6.07, 6.45) is 0. The quantitative estimate of drug-likeness (QED) is 0.282. The molecule has 35 heavy (non-hydrogen) atoms. The van der Waals surface area contributed by atoms with E-state index in [9.17, 15) is 13.2 Å². The van der Waals surface area contributed by atoms with Crippen molar-refractivity contribution in [2.24, 2.45) is 0 Å². The van der Waals surface area contributed by atoms with Gasteiger partial charge in [-0.2, -0.15) is 11.8 Å². The summed E-state index contributed by atoms with van der Waals surface area (Å²) < 4.78 is 28.0. The third-order valence-electron chi connectivity index (χ3n) is 5.29. The van der Waals surface area contributed by atoms with Gasteiger partial charge in [0.15, 0.2) is 0 Å². The van der Waals surface area contributed by atoms with Crippen molar-refractivity contribution in [3.63, 3.8) is 0 Å². The third-order valence-corrected chi connectivity index (χ3v) is 9.10. The zero-order chi connectivity index (χ0) is 25.6. The fourth-order valence-electron chi connectivity index (χ4n) is 3.20. The Labute approximate surface area is 225 Å². The van der Waals surface area contributed by atoms with Crippen LogP contribution in [0.5, 0.6) is 0 Å². The average molecular weight is 572 g/mol. The first kappa shape index (κ1) is 27.7. The Morgan fingerprint density at radius 3 is 2.29 bits per heavy atom. The normalized spacial score (nSPS) is 11.3. The summed E-state index contributed by atoms with van der Waals surface area (Å²) in [5, 5.41) is 4.26. The molecule has 0 aromatic heterocycles. The maximum absolute atomic E-state index is 13.4. The molecule has 0 radical (unpaired) electrons. The van der Waals surface area contributed by atoms with Crippen molar-refractivity contribution < 1.29 is 13.2 Å². The summed E-state index contributed by atoms with van der Waals surface area (Å²) in [6.45, 7) is 3.90. The molecule has 3 aromatic carbocycles. The van der Waals surface area contributed by atoms with Crippen molar-refractivity contribution >= 4 is 68.2 Å². The van der Waals surface area contributed by atoms with Crippen LogP contribution in [0.1, 0.15) is 16.7 Å². The Morgan fingerprint density at radius 2 is 1.63 bits per heavy atom. The van der Waals surface area contributed by atoms with Gasteiger partial charge in [-0.15, -0.1) is 0 Å². The molecule has 1 N–H and O–H groups in total. The number of benzene rings is 3. The molecule has 0 atom stereocenters. The second-order valence-electron chi connectivity index (χ2n) is 7.89. The summed E-state index contributed by atoms with van der Waals surface area (Å²) in [4.78, 5) is 12.8. The van der Waals surface area contributed by atoms with Crippen LogP contribution in [0.3, 0.4) is 0 Å². The summed E-state index contributed by atoms with van der Waals surface area (Å²) in [7, 11) is -3.99. The number of amides is 1. The van der Waals surface area contributed by atoms with Gasteiger partial charge in [0.1, 0.15) is 6.54 Å². The Balaban J connectivity index is 1.66. The van der Waals surface area contributed by atoms with Gasteiger partial charge in [-0.3, -0.25) is 9.10 Å². The minimum atomic E-state index is -3.99. The highest BCUT2D eigenvalue weighted by atomic mass is 35.5. The second kappa shape index (κ2) is 12.4. The van der Waals surface area contributed by atoms with Gasteiger partial charge in [-0.25, -0.2) is 8.42 Å². The number of rotatable bonds is 10. The molecule has 5 nitrogen and oxygen atoms in total. The lowest BCUT2D eigenvalue weighted by Gasteiger charge is -2.25. The highest BCUT2D eigenvalue weighted by Crippen LogP contribution is 2.27. The van der Waals surface area contributed by atoms with Gasteiger partial charge in [-0.05, 0) is 79.1 Å². The van der Waals surface area contributed by atoms with Crippen LogP contribution >= 0.6 is 46.6 Å². The Kier molecular flexibility index (Phi) is 9.78. The molecule has 3 rings (SSSR count). The van der Waals surface area contributed by atoms with Crippen LogP contribution in [0.25, 0.3) is 0 Å². The van der Waals surface area contributed by atoms with Crippen molar-refractivity contribution in [2.45, 2.75) is 24.5 Å². The Bertz CT molecular complexity index is 1300. The number of anilines is 1. The number of thioether (sulfide) groups is 1. The predicted octanol–water partition coefficient (Wildman–Crippen LogP) is 6.51. The van der Waals surface area contributed by atoms with Crippen molar-refractivity contribution in [1.29, 1.82) is 0 Å². The summed E-state index contributed by atoms with van der Waals surface area (Å²) >= 11 is 19.5. The van der Waals surface area contributed by atoms with Gasteiger partial charge in [0.25, 0.3) is 10.0 Å². The highest BCUT2D eigenvalue weighted by molar-refractivity contribution is 7.98. The number of carbonyl (C=O) groups excluding carboxylic acids is 1. The van der Waals surface area contributed by atoms with E-state index in [1.165, 1.54) is 24.3 Å². The van der Waals surface area contributed by atoms with Crippen LogP contribution in [0.4, 0.5) is 5.69 Å². The largest absolute Gasteiger partial charge is 0.354 e. The molecular weight excluding hydrogens is 547 g/mol. The van der Waals surface area contributed by atoms with E-state index < -0.39 is 15.9 Å². The lowest BCUT2D eigenvalue weighted by molar-refractivity contribution is -0.119. The van der Waals surface area contributed by atoms with Gasteiger partial charge in [-0.1, -0.05) is 46.9 Å². The molecule has 0 aliphatic heterocycles. The molecule has 0 aliphatic carbocycles. The number of hydrogen-bond donors (Lipinski definition) is 1. The molecule has 0 fully saturated rings. The second-order valence-corrected chi connectivity index (χ2v) is 12.1. The van der Waals surface area contributed by atoms with E-state index in [4.69, 9.17) is 34.8 Å². The number of hydrogen-bond acceptors (Lipinski definition) is 4. The van der Waals surface area contributed by atoms with Crippen molar-refractivity contribution in [2.75, 3.05) is 23.1 Å². The fourth-order valence-corrected chi connectivity index (χ4v) is 5.86. The van der Waals surface area contributed by atoms with Gasteiger partial charge in [0, 0.05) is 23.1 Å². The van der Waals surface area contributed by atoms with E-state index in [-0.39, 0.29) is 11.4 Å². The topological polar surface area (TPSA) is 66.5 Å². The predicted molar refractivity (Wildman–Crippen MR) is 148 cm³/mol. The van der Waals surface area contributed by atoms with Crippen LogP contribution in [0.15, 0.2) is 65.6 Å². The molecule has 0 bridgehead atoms. The maximum atomic E-state index is 13.4. The summed E-state index contributed by atoms with van der Waals surface area (Å²) in [6, 6.07) is 16.7. The standard InChI is InChI=1S/C25H25Cl3N2O3S2/c1-17-3-7-21(13-18(17)2)30(35(32,33)22-8-5-20(26)6-9-22)15-25(31)29-11-12-34-16-19-4-10-23(27)24(28)14-19/h3-10,13-14H,11-12,15-16H2,1-2H3,(H,29,31). The fraction of sp³-hybridized carbons (Fsp3) is 0.240. The minimum Gasteiger partial charge on any atom is -0.354 e. The number of nitrogens with one attached hydrogen (secondary N) is 1. The van der Waals surface area contributed by atoms with Crippen LogP contribution in [-0.4, -0.2) is 33.2 Å². The lowest BCUT2D eigenvalue weighted by atomic mass is 10.1. The third kappa shape index (κ3) is 7.54. The van der Waals surface area contributed by atoms with Crippen LogP contribution in [0.2, 0.25) is 15.1 Å². The van der Waals surface area contributed by atoms with E-state index >= 15 is 0 Å². The van der Waals surface area contributed by atoms with Gasteiger partial charge < -0.3 is 5.32 Å². The zero-order valence-corrected chi connectivity index (χ0v) is 23.1. The number of nitrogens with zero attached hydrogens (tertiary/aromatic N) is 1. The molecule has 0 saturated heterocycles. The molecule has 0 saturated carbocycles. The average Bonchev–Trinajstić information content (AvgIpc) is 2.81. The van der Waals surface area contributed by atoms with E-state index in [0.29, 0.717) is 38.8 Å². The van der Waals surface area contributed by atoms with Gasteiger partial charge in [0.2, 0.25) is 5.91 Å². The Morgan fingerprint density at radius 1 is 0.914 bits per heavy atom. The summed E-state index contributed by atoms with van der Waals surface area (Å²) in [5.41, 5.74) is 3.41. The lowest BCUT2D eigenvalue weighted by Crippen LogP contribution is -2.41. The molecule has 10 heteroatoms. The van der Waals surface area contributed by atoms with Crippen molar-refractivity contribution in [3.05, 3.63) is 92.4 Å². The molecule has 1 amide bonds. The molecule has 186 valence electrons. The first-order chi connectivity index (χ1) is 16.6. The first-order valence-electron chi connectivity index (χ1n) is 10.7. The molecule has 0 spiro atoms. The number of aryl methyl sites for hydroxylation is 2. The van der Waals surface area contributed by atoms with Crippen molar-refractivity contribution in [3.8, 4) is 0 Å². The van der Waals surface area contributed by atoms with E-state index in [1.807, 2.05) is 32.0 Å². The molecular formula is C25H25Cl3N2O3S2. The minimum absolute atomic E-state index is 0.0603. The number of carbonyl (C=O) groups is 1. The molecule has 3 aromatic rings. The zero-order valence-electron chi connectivity index (χ0n) is 19.2. The highest BCUT2D eigenvalue weighted by Gasteiger charge is 2.27. The van der Waals surface area contributed by atoms with Crippen LogP contribution in [-0.2, 0) is 20.6 Å². The number of sulfonamides is 1. The monoisotopic (exact) mass is 570 g/mol. The van der Waals surface area contributed by atoms with Crippen LogP contribution in [0, 0.1) is 13.8 Å². The molecule has 0 unspecified atom stereocenters. The van der Waals surface area contributed by atoms with Crippen molar-refractivity contribution in [1.82, 2.24) is 5.32 Å². The molecule has 0 heterocycles. The van der Waals surface area contributed by atoms with E-state index in [2.05, 4.69) is 5.32 Å². The SMILES string of the molecule is Cc1ccc(N(CC(=O)NCCSCc2ccc(Cl)c(Cl)c2)S(=O)(=O)c2ccc(Cl)cc2)cc1C. The molecule has 0 aliphatic rings. The number of halogens is 3. The maximum Gasteiger partial charge on any atom is 0.264 e. The van der Waals surface area contributed by atoms with Gasteiger partial charge >= 0.3 is 0 Å². The smallest absolute Gasteiger partial charge is 0.264 e.